The smallest absolute Gasteiger partial charge is 0.303 e. The first-order valence-electron chi connectivity index (χ1n) is 10.8. The summed E-state index contributed by atoms with van der Waals surface area (Å²) in [5, 5.41) is 0. The molecule has 6 heteroatoms. The van der Waals surface area contributed by atoms with Crippen molar-refractivity contribution >= 4 is 0 Å². The largest absolute Gasteiger partial charge is 0.416 e. The highest BCUT2D eigenvalue weighted by molar-refractivity contribution is 5.30. The average Bonchev–Trinajstić information content (AvgIpc) is 3.12. The Hall–Kier alpha value is -1.92. The van der Waals surface area contributed by atoms with Crippen molar-refractivity contribution in [2.75, 3.05) is 32.7 Å². The number of likely N-dealkylation sites (tertiary alicyclic amines) is 2. The zero-order valence-corrected chi connectivity index (χ0v) is 17.0. The molecule has 2 heterocycles. The Morgan fingerprint density at radius 1 is 0.867 bits per heavy atom. The van der Waals surface area contributed by atoms with E-state index in [9.17, 15) is 17.6 Å². The van der Waals surface area contributed by atoms with Gasteiger partial charge in [0.25, 0.3) is 0 Å². The molecule has 2 aliphatic heterocycles. The zero-order valence-electron chi connectivity index (χ0n) is 17.0. The van der Waals surface area contributed by atoms with Crippen LogP contribution >= 0.6 is 0 Å². The first-order valence-corrected chi connectivity index (χ1v) is 10.8. The Kier molecular flexibility index (Phi) is 6.44. The van der Waals surface area contributed by atoms with E-state index in [1.165, 1.54) is 37.5 Å². The number of hydrogen-bond acceptors (Lipinski definition) is 2. The Balaban J connectivity index is 1.55. The van der Waals surface area contributed by atoms with E-state index in [2.05, 4.69) is 9.80 Å². The fourth-order valence-electron chi connectivity index (χ4n) is 4.94. The highest BCUT2D eigenvalue weighted by Gasteiger charge is 2.37. The maximum absolute atomic E-state index is 14.2. The number of halogens is 4. The lowest BCUT2D eigenvalue weighted by molar-refractivity contribution is -0.137. The van der Waals surface area contributed by atoms with Crippen molar-refractivity contribution in [1.29, 1.82) is 0 Å². The van der Waals surface area contributed by atoms with Gasteiger partial charge in [0.2, 0.25) is 0 Å². The van der Waals surface area contributed by atoms with E-state index < -0.39 is 11.7 Å². The van der Waals surface area contributed by atoms with Gasteiger partial charge in [0.1, 0.15) is 5.82 Å². The van der Waals surface area contributed by atoms with Crippen LogP contribution in [-0.4, -0.2) is 42.5 Å². The molecular weight excluding hydrogens is 392 g/mol. The van der Waals surface area contributed by atoms with E-state index in [1.807, 2.05) is 12.1 Å². The van der Waals surface area contributed by atoms with Gasteiger partial charge in [0, 0.05) is 37.7 Å². The lowest BCUT2D eigenvalue weighted by atomic mass is 9.87. The molecule has 0 N–H and O–H groups in total. The van der Waals surface area contributed by atoms with Crippen molar-refractivity contribution in [3.8, 4) is 0 Å². The molecule has 0 amide bonds. The summed E-state index contributed by atoms with van der Waals surface area (Å²) in [5.41, 5.74) is 0.783. The number of nitrogens with zero attached hydrogens (tertiary/aromatic N) is 2. The van der Waals surface area contributed by atoms with E-state index >= 15 is 0 Å². The van der Waals surface area contributed by atoms with Crippen LogP contribution in [0, 0.1) is 11.7 Å². The molecule has 0 bridgehead atoms. The second-order valence-corrected chi connectivity index (χ2v) is 8.64. The van der Waals surface area contributed by atoms with Crippen LogP contribution in [0.15, 0.2) is 48.5 Å². The third kappa shape index (κ3) is 5.03. The summed E-state index contributed by atoms with van der Waals surface area (Å²) in [6.07, 6.45) is -0.735. The van der Waals surface area contributed by atoms with Gasteiger partial charge >= 0.3 is 6.18 Å². The van der Waals surface area contributed by atoms with Gasteiger partial charge in [-0.1, -0.05) is 42.8 Å². The summed E-state index contributed by atoms with van der Waals surface area (Å²) < 4.78 is 54.0. The van der Waals surface area contributed by atoms with Crippen molar-refractivity contribution in [2.24, 2.45) is 5.92 Å². The quantitative estimate of drug-likeness (QED) is 0.586. The SMILES string of the molecule is Fc1ccccc1CN1C[C@H](CN2CCCCC2)[C@@H](c2cccc(C(F)(F)F)c2)C1. The Bertz CT molecular complexity index is 845. The lowest BCUT2D eigenvalue weighted by Crippen LogP contribution is -2.36. The first-order chi connectivity index (χ1) is 14.4. The zero-order chi connectivity index (χ0) is 21.1. The highest BCUT2D eigenvalue weighted by Crippen LogP contribution is 2.37. The number of piperidine rings is 1. The molecule has 0 saturated carbocycles. The van der Waals surface area contributed by atoms with E-state index in [0.717, 1.165) is 37.8 Å². The summed E-state index contributed by atoms with van der Waals surface area (Å²) in [6.45, 7) is 4.89. The predicted molar refractivity (Wildman–Crippen MR) is 110 cm³/mol. The van der Waals surface area contributed by atoms with Crippen LogP contribution in [0.5, 0.6) is 0 Å². The number of hydrogen-bond donors (Lipinski definition) is 0. The van der Waals surface area contributed by atoms with Crippen LogP contribution in [0.3, 0.4) is 0 Å². The van der Waals surface area contributed by atoms with Gasteiger partial charge in [-0.25, -0.2) is 4.39 Å². The van der Waals surface area contributed by atoms with Crippen LogP contribution < -0.4 is 0 Å². The minimum absolute atomic E-state index is 0.0148. The molecular formula is C24H28F4N2. The molecule has 0 spiro atoms. The summed E-state index contributed by atoms with van der Waals surface area (Å²) in [6, 6.07) is 12.5. The van der Waals surface area contributed by atoms with Crippen LogP contribution in [0.25, 0.3) is 0 Å². The third-order valence-electron chi connectivity index (χ3n) is 6.45. The second-order valence-electron chi connectivity index (χ2n) is 8.64. The van der Waals surface area contributed by atoms with E-state index in [-0.39, 0.29) is 17.7 Å². The number of alkyl halides is 3. The van der Waals surface area contributed by atoms with E-state index in [1.54, 1.807) is 12.1 Å². The summed E-state index contributed by atoms with van der Waals surface area (Å²) in [4.78, 5) is 4.64. The van der Waals surface area contributed by atoms with Crippen LogP contribution in [0.2, 0.25) is 0 Å². The van der Waals surface area contributed by atoms with Gasteiger partial charge in [-0.15, -0.1) is 0 Å². The monoisotopic (exact) mass is 420 g/mol. The Labute approximate surface area is 175 Å². The van der Waals surface area contributed by atoms with Crippen LogP contribution in [-0.2, 0) is 12.7 Å². The summed E-state index contributed by atoms with van der Waals surface area (Å²) in [7, 11) is 0. The molecule has 2 aromatic carbocycles. The first kappa shape index (κ1) is 21.3. The molecule has 2 saturated heterocycles. The molecule has 4 rings (SSSR count). The molecule has 2 nitrogen and oxygen atoms in total. The minimum Gasteiger partial charge on any atom is -0.303 e. The molecule has 162 valence electrons. The molecule has 0 unspecified atom stereocenters. The van der Waals surface area contributed by atoms with E-state index in [4.69, 9.17) is 0 Å². The molecule has 2 fully saturated rings. The van der Waals surface area contributed by atoms with Gasteiger partial charge in [0.15, 0.2) is 0 Å². The Morgan fingerprint density at radius 3 is 2.37 bits per heavy atom. The van der Waals surface area contributed by atoms with Crippen molar-refractivity contribution in [1.82, 2.24) is 9.80 Å². The number of rotatable bonds is 5. The fraction of sp³-hybridized carbons (Fsp3) is 0.500. The standard InChI is InChI=1S/C24H28F4N2/c25-23-10-3-2-7-19(23)14-30-16-20(15-29-11-4-1-5-12-29)22(17-30)18-8-6-9-21(13-18)24(26,27)28/h2-3,6-10,13,20,22H,1,4-5,11-12,14-17H2/t20-,22+/m0/s1. The molecule has 2 aliphatic rings. The third-order valence-corrected chi connectivity index (χ3v) is 6.45. The summed E-state index contributed by atoms with van der Waals surface area (Å²) in [5.74, 6) is 0.0203. The van der Waals surface area contributed by atoms with Crippen molar-refractivity contribution in [3.05, 3.63) is 71.0 Å². The topological polar surface area (TPSA) is 6.48 Å². The van der Waals surface area contributed by atoms with E-state index in [0.29, 0.717) is 18.7 Å². The van der Waals surface area contributed by atoms with Crippen molar-refractivity contribution in [3.63, 3.8) is 0 Å². The number of benzene rings is 2. The van der Waals surface area contributed by atoms with Crippen molar-refractivity contribution in [2.45, 2.75) is 37.9 Å². The normalized spacial score (nSPS) is 23.7. The van der Waals surface area contributed by atoms with Crippen molar-refractivity contribution < 1.29 is 17.6 Å². The fourth-order valence-corrected chi connectivity index (χ4v) is 4.94. The summed E-state index contributed by atoms with van der Waals surface area (Å²) >= 11 is 0. The van der Waals surface area contributed by atoms with Crippen LogP contribution in [0.4, 0.5) is 17.6 Å². The molecule has 2 atom stereocenters. The second kappa shape index (κ2) is 9.06. The molecule has 30 heavy (non-hydrogen) atoms. The van der Waals surface area contributed by atoms with Crippen LogP contribution in [0.1, 0.15) is 41.9 Å². The minimum atomic E-state index is -4.34. The molecule has 0 aliphatic carbocycles. The van der Waals surface area contributed by atoms with Gasteiger partial charge in [0.05, 0.1) is 5.56 Å². The van der Waals surface area contributed by atoms with Gasteiger partial charge in [-0.2, -0.15) is 13.2 Å². The maximum atomic E-state index is 14.2. The molecule has 2 aromatic rings. The predicted octanol–water partition coefficient (Wildman–Crippen LogP) is 5.55. The van der Waals surface area contributed by atoms with Gasteiger partial charge < -0.3 is 4.90 Å². The van der Waals surface area contributed by atoms with Gasteiger partial charge in [-0.05, 0) is 49.5 Å². The Morgan fingerprint density at radius 2 is 1.63 bits per heavy atom. The maximum Gasteiger partial charge on any atom is 0.416 e. The highest BCUT2D eigenvalue weighted by atomic mass is 19.4. The average molecular weight is 420 g/mol. The lowest BCUT2D eigenvalue weighted by Gasteiger charge is -2.31. The van der Waals surface area contributed by atoms with Gasteiger partial charge in [-0.3, -0.25) is 4.90 Å². The molecule has 0 radical (unpaired) electrons. The molecule has 0 aromatic heterocycles.